The molecule has 0 aliphatic heterocycles. The minimum atomic E-state index is -0.289. The number of nitrogens with two attached hydrogens (primary N) is 1. The molecule has 0 saturated carbocycles. The van der Waals surface area contributed by atoms with Crippen molar-refractivity contribution in [1.29, 1.82) is 0 Å². The van der Waals surface area contributed by atoms with E-state index < -0.39 is 0 Å². The summed E-state index contributed by atoms with van der Waals surface area (Å²) in [6, 6.07) is 14.1. The van der Waals surface area contributed by atoms with Crippen molar-refractivity contribution in [3.63, 3.8) is 0 Å². The zero-order valence-corrected chi connectivity index (χ0v) is 15.2. The van der Waals surface area contributed by atoms with Crippen LogP contribution in [0, 0.1) is 0 Å². The molecule has 128 valence electrons. The molecule has 2 rings (SSSR count). The lowest BCUT2D eigenvalue weighted by Crippen LogP contribution is -2.12. The standard InChI is InChI=1S/C19H24N2O2S/c1-21(2)13-15-6-4-14(5-11-19(20)22)12-18(15)23-16-7-9-17(24-3)10-8-16/h4,6-10,12H,5,11,13H2,1-3H3,(H2,20,22). The van der Waals surface area contributed by atoms with Crippen molar-refractivity contribution < 1.29 is 9.53 Å². The first-order valence-corrected chi connectivity index (χ1v) is 9.07. The average Bonchev–Trinajstić information content (AvgIpc) is 2.55. The van der Waals surface area contributed by atoms with Gasteiger partial charge in [0.2, 0.25) is 5.91 Å². The van der Waals surface area contributed by atoms with Crippen LogP contribution in [-0.4, -0.2) is 31.2 Å². The molecule has 0 saturated heterocycles. The van der Waals surface area contributed by atoms with Gasteiger partial charge in [-0.1, -0.05) is 12.1 Å². The second-order valence-electron chi connectivity index (χ2n) is 5.92. The van der Waals surface area contributed by atoms with Crippen LogP contribution in [0.4, 0.5) is 0 Å². The predicted octanol–water partition coefficient (Wildman–Crippen LogP) is 3.68. The quantitative estimate of drug-likeness (QED) is 0.742. The number of benzene rings is 2. The summed E-state index contributed by atoms with van der Waals surface area (Å²) in [5, 5.41) is 0. The number of carbonyl (C=O) groups is 1. The first kappa shape index (κ1) is 18.4. The van der Waals surface area contributed by atoms with E-state index in [0.29, 0.717) is 12.8 Å². The third-order valence-electron chi connectivity index (χ3n) is 3.57. The van der Waals surface area contributed by atoms with Crippen molar-refractivity contribution in [2.75, 3.05) is 20.4 Å². The smallest absolute Gasteiger partial charge is 0.217 e. The largest absolute Gasteiger partial charge is 0.457 e. The molecule has 2 aromatic rings. The third-order valence-corrected chi connectivity index (χ3v) is 4.31. The molecule has 0 aromatic heterocycles. The number of carbonyl (C=O) groups excluding carboxylic acids is 1. The number of hydrogen-bond acceptors (Lipinski definition) is 4. The van der Waals surface area contributed by atoms with E-state index in [4.69, 9.17) is 10.5 Å². The number of ether oxygens (including phenoxy) is 1. The Labute approximate surface area is 148 Å². The fourth-order valence-corrected chi connectivity index (χ4v) is 2.77. The number of primary amides is 1. The van der Waals surface area contributed by atoms with Gasteiger partial charge in [0.05, 0.1) is 0 Å². The van der Waals surface area contributed by atoms with Crippen molar-refractivity contribution in [3.8, 4) is 11.5 Å². The van der Waals surface area contributed by atoms with E-state index in [0.717, 1.165) is 29.2 Å². The van der Waals surface area contributed by atoms with Crippen LogP contribution in [0.15, 0.2) is 47.4 Å². The molecule has 0 unspecified atom stereocenters. The Bertz CT molecular complexity index is 684. The topological polar surface area (TPSA) is 55.6 Å². The Balaban J connectivity index is 2.24. The van der Waals surface area contributed by atoms with Crippen molar-refractivity contribution in [1.82, 2.24) is 4.90 Å². The minimum absolute atomic E-state index is 0.289. The summed E-state index contributed by atoms with van der Waals surface area (Å²) in [6.45, 7) is 0.786. The molecule has 0 fully saturated rings. The molecule has 0 atom stereocenters. The average molecular weight is 344 g/mol. The first-order valence-electron chi connectivity index (χ1n) is 7.84. The monoisotopic (exact) mass is 344 g/mol. The Kier molecular flexibility index (Phi) is 6.70. The minimum Gasteiger partial charge on any atom is -0.457 e. The van der Waals surface area contributed by atoms with Crippen molar-refractivity contribution in [2.45, 2.75) is 24.3 Å². The number of thioether (sulfide) groups is 1. The van der Waals surface area contributed by atoms with Gasteiger partial charge in [-0.05, 0) is 62.7 Å². The maximum Gasteiger partial charge on any atom is 0.217 e. The number of aryl methyl sites for hydroxylation is 1. The van der Waals surface area contributed by atoms with Gasteiger partial charge in [-0.25, -0.2) is 0 Å². The van der Waals surface area contributed by atoms with Crippen molar-refractivity contribution >= 4 is 17.7 Å². The molecule has 0 aliphatic rings. The lowest BCUT2D eigenvalue weighted by Gasteiger charge is -2.16. The normalized spacial score (nSPS) is 10.8. The molecule has 24 heavy (non-hydrogen) atoms. The Hall–Kier alpha value is -1.98. The van der Waals surface area contributed by atoms with Gasteiger partial charge in [0.1, 0.15) is 11.5 Å². The van der Waals surface area contributed by atoms with Gasteiger partial charge in [0, 0.05) is 23.4 Å². The zero-order valence-electron chi connectivity index (χ0n) is 14.4. The highest BCUT2D eigenvalue weighted by Crippen LogP contribution is 2.29. The molecule has 4 nitrogen and oxygen atoms in total. The molecule has 0 aliphatic carbocycles. The van der Waals surface area contributed by atoms with E-state index in [1.807, 2.05) is 56.7 Å². The van der Waals surface area contributed by atoms with Gasteiger partial charge in [0.15, 0.2) is 0 Å². The maximum atomic E-state index is 11.0. The summed E-state index contributed by atoms with van der Waals surface area (Å²) < 4.78 is 6.11. The fourth-order valence-electron chi connectivity index (χ4n) is 2.36. The van der Waals surface area contributed by atoms with Crippen molar-refractivity contribution in [3.05, 3.63) is 53.6 Å². The van der Waals surface area contributed by atoms with E-state index in [1.165, 1.54) is 4.90 Å². The summed E-state index contributed by atoms with van der Waals surface area (Å²) in [7, 11) is 4.05. The SMILES string of the molecule is CSc1ccc(Oc2cc(CCC(N)=O)ccc2CN(C)C)cc1. The molecule has 2 N–H and O–H groups in total. The Morgan fingerprint density at radius 1 is 1.17 bits per heavy atom. The Morgan fingerprint density at radius 3 is 2.46 bits per heavy atom. The summed E-state index contributed by atoms with van der Waals surface area (Å²) in [5.74, 6) is 1.34. The molecule has 0 spiro atoms. The number of amides is 1. The van der Waals surface area contributed by atoms with E-state index in [1.54, 1.807) is 11.8 Å². The number of rotatable bonds is 8. The van der Waals surface area contributed by atoms with Gasteiger partial charge in [0.25, 0.3) is 0 Å². The Morgan fingerprint density at radius 2 is 1.88 bits per heavy atom. The zero-order chi connectivity index (χ0) is 17.5. The first-order chi connectivity index (χ1) is 11.5. The maximum absolute atomic E-state index is 11.0. The lowest BCUT2D eigenvalue weighted by atomic mass is 10.1. The number of hydrogen-bond donors (Lipinski definition) is 1. The van der Waals surface area contributed by atoms with Crippen LogP contribution in [0.2, 0.25) is 0 Å². The molecule has 2 aromatic carbocycles. The lowest BCUT2D eigenvalue weighted by molar-refractivity contribution is -0.117. The molecule has 5 heteroatoms. The fraction of sp³-hybridized carbons (Fsp3) is 0.316. The third kappa shape index (κ3) is 5.58. The molecule has 0 radical (unpaired) electrons. The summed E-state index contributed by atoms with van der Waals surface area (Å²) in [4.78, 5) is 14.3. The highest BCUT2D eigenvalue weighted by Gasteiger charge is 2.09. The van der Waals surface area contributed by atoms with E-state index in [-0.39, 0.29) is 5.91 Å². The van der Waals surface area contributed by atoms with Crippen LogP contribution in [0.1, 0.15) is 17.5 Å². The molecule has 0 heterocycles. The molecule has 1 amide bonds. The van der Waals surface area contributed by atoms with Gasteiger partial charge in [-0.2, -0.15) is 0 Å². The highest BCUT2D eigenvalue weighted by molar-refractivity contribution is 7.98. The second-order valence-corrected chi connectivity index (χ2v) is 6.80. The van der Waals surface area contributed by atoms with Gasteiger partial charge in [-0.3, -0.25) is 4.79 Å². The van der Waals surface area contributed by atoms with Crippen LogP contribution in [0.3, 0.4) is 0 Å². The van der Waals surface area contributed by atoms with Crippen LogP contribution >= 0.6 is 11.8 Å². The summed E-state index contributed by atoms with van der Waals surface area (Å²) in [5.41, 5.74) is 7.40. The number of nitrogens with zero attached hydrogens (tertiary/aromatic N) is 1. The molecular formula is C19H24N2O2S. The molecular weight excluding hydrogens is 320 g/mol. The van der Waals surface area contributed by atoms with E-state index in [9.17, 15) is 4.79 Å². The van der Waals surface area contributed by atoms with Crippen LogP contribution in [-0.2, 0) is 17.8 Å². The van der Waals surface area contributed by atoms with Crippen molar-refractivity contribution in [2.24, 2.45) is 5.73 Å². The predicted molar refractivity (Wildman–Crippen MR) is 99.6 cm³/mol. The highest BCUT2D eigenvalue weighted by atomic mass is 32.2. The van der Waals surface area contributed by atoms with Crippen LogP contribution < -0.4 is 10.5 Å². The second kappa shape index (κ2) is 8.76. The summed E-state index contributed by atoms with van der Waals surface area (Å²) in [6.07, 6.45) is 3.02. The van der Waals surface area contributed by atoms with Crippen LogP contribution in [0.25, 0.3) is 0 Å². The van der Waals surface area contributed by atoms with E-state index >= 15 is 0 Å². The molecule has 0 bridgehead atoms. The van der Waals surface area contributed by atoms with Gasteiger partial charge >= 0.3 is 0 Å². The van der Waals surface area contributed by atoms with Gasteiger partial charge < -0.3 is 15.4 Å². The van der Waals surface area contributed by atoms with Crippen LogP contribution in [0.5, 0.6) is 11.5 Å². The van der Waals surface area contributed by atoms with E-state index in [2.05, 4.69) is 11.0 Å². The summed E-state index contributed by atoms with van der Waals surface area (Å²) >= 11 is 1.70. The van der Waals surface area contributed by atoms with Gasteiger partial charge in [-0.15, -0.1) is 11.8 Å².